The molecule has 1 aromatic heterocycles. The van der Waals surface area contributed by atoms with Crippen LogP contribution in [0.2, 0.25) is 0 Å². The average Bonchev–Trinajstić information content (AvgIpc) is 3.48. The van der Waals surface area contributed by atoms with Crippen molar-refractivity contribution < 1.29 is 23.2 Å². The van der Waals surface area contributed by atoms with E-state index in [1.54, 1.807) is 66.6 Å². The number of hydrazine groups is 1. The predicted molar refractivity (Wildman–Crippen MR) is 268 cm³/mol. The number of hydrogen-bond donors (Lipinski definition) is 3. The van der Waals surface area contributed by atoms with Crippen LogP contribution in [0, 0.1) is 11.6 Å². The van der Waals surface area contributed by atoms with E-state index in [1.807, 2.05) is 84.9 Å². The molecule has 0 aliphatic carbocycles. The maximum atomic E-state index is 14.2. The van der Waals surface area contributed by atoms with Crippen molar-refractivity contribution in [1.29, 1.82) is 0 Å². The van der Waals surface area contributed by atoms with Crippen LogP contribution in [-0.4, -0.2) is 28.4 Å². The topological polar surface area (TPSA) is 113 Å². The molecule has 0 saturated heterocycles. The van der Waals surface area contributed by atoms with Crippen LogP contribution in [0.4, 0.5) is 14.5 Å². The number of fused-ring (bicyclic) bond motifs is 4. The fraction of sp³-hybridized carbons (Fsp3) is 0.0702. The number of rotatable bonds is 9. The second kappa shape index (κ2) is 20.1. The fourth-order valence-corrected chi connectivity index (χ4v) is 10.4. The third-order valence-corrected chi connectivity index (χ3v) is 14.1. The zero-order chi connectivity index (χ0) is 47.3. The minimum Gasteiger partial charge on any atom is -0.348 e. The lowest BCUT2D eigenvalue weighted by Crippen LogP contribution is -2.42. The standard InChI is InChI=1S/C57H41F2N5O3S2/c58-44-20-13-37(14-21-44)46-11-4-9-41-30-42(18-24-50(41)68-51-12-2-1-10-47(46)51)57(67)64-63-54(65)29-35-6-3-8-39(28-35)40-17-25-52-48(31-40)55(38-15-22-45(59)23-16-38)62-49-32-43(19-26-53(49)69-52)56(66)61-34-36-7-5-27-60-33-36/h1-3,5-8,10-28,30-33H,4,9,29,34H2,(H,61,66)(H,63,65)(H,64,67)/b46-11+. The van der Waals surface area contributed by atoms with Gasteiger partial charge in [-0.05, 0) is 154 Å². The molecule has 0 bridgehead atoms. The number of carbonyl (C=O) groups excluding carboxylic acids is 3. The number of pyridine rings is 1. The summed E-state index contributed by atoms with van der Waals surface area (Å²) in [5.41, 5.74) is 16.2. The highest BCUT2D eigenvalue weighted by atomic mass is 32.2. The Bertz CT molecular complexity index is 3340. The number of nitrogens with zero attached hydrogens (tertiary/aromatic N) is 2. The van der Waals surface area contributed by atoms with E-state index in [9.17, 15) is 23.2 Å². The number of benzene rings is 7. The van der Waals surface area contributed by atoms with E-state index in [-0.39, 0.29) is 29.9 Å². The normalized spacial score (nSPS) is 13.5. The number of halogens is 2. The molecule has 2 aliphatic heterocycles. The van der Waals surface area contributed by atoms with Gasteiger partial charge < -0.3 is 5.32 Å². The van der Waals surface area contributed by atoms with Gasteiger partial charge in [-0.2, -0.15) is 0 Å². The van der Waals surface area contributed by atoms with Crippen LogP contribution >= 0.6 is 23.5 Å². The summed E-state index contributed by atoms with van der Waals surface area (Å²) >= 11 is 3.16. The molecule has 0 unspecified atom stereocenters. The van der Waals surface area contributed by atoms with Crippen LogP contribution in [0.25, 0.3) is 16.7 Å². The van der Waals surface area contributed by atoms with E-state index in [1.165, 1.54) is 36.0 Å². The molecule has 10 rings (SSSR count). The first-order valence-electron chi connectivity index (χ1n) is 22.2. The number of carbonyl (C=O) groups is 3. The number of allylic oxidation sites excluding steroid dienone is 1. The Kier molecular flexibility index (Phi) is 13.1. The minimum atomic E-state index is -0.434. The van der Waals surface area contributed by atoms with E-state index >= 15 is 0 Å². The number of amides is 3. The lowest BCUT2D eigenvalue weighted by atomic mass is 9.95. The first kappa shape index (κ1) is 44.9. The van der Waals surface area contributed by atoms with Gasteiger partial charge in [0.15, 0.2) is 0 Å². The van der Waals surface area contributed by atoms with Crippen LogP contribution < -0.4 is 16.2 Å². The molecule has 3 N–H and O–H groups in total. The molecular weight excluding hydrogens is 905 g/mol. The largest absolute Gasteiger partial charge is 0.348 e. The molecule has 8 aromatic rings. The van der Waals surface area contributed by atoms with Crippen LogP contribution in [-0.2, 0) is 24.2 Å². The van der Waals surface area contributed by atoms with Gasteiger partial charge in [-0.15, -0.1) is 0 Å². The molecule has 0 saturated carbocycles. The Morgan fingerprint density at radius 1 is 0.565 bits per heavy atom. The Labute approximate surface area is 406 Å². The monoisotopic (exact) mass is 945 g/mol. The summed E-state index contributed by atoms with van der Waals surface area (Å²) in [7, 11) is 0. The van der Waals surface area contributed by atoms with Crippen LogP contribution in [0.15, 0.2) is 207 Å². The molecule has 2 aliphatic rings. The molecule has 7 aromatic carbocycles. The smallest absolute Gasteiger partial charge is 0.269 e. The summed E-state index contributed by atoms with van der Waals surface area (Å²) in [6.07, 6.45) is 6.95. The highest BCUT2D eigenvalue weighted by Crippen LogP contribution is 2.44. The minimum absolute atomic E-state index is 0.00756. The van der Waals surface area contributed by atoms with Crippen molar-refractivity contribution >= 4 is 58.2 Å². The summed E-state index contributed by atoms with van der Waals surface area (Å²) in [5.74, 6) is -1.72. The van der Waals surface area contributed by atoms with Crippen molar-refractivity contribution in [3.8, 4) is 11.1 Å². The van der Waals surface area contributed by atoms with Crippen molar-refractivity contribution in [2.24, 2.45) is 4.99 Å². The molecular formula is C57H41F2N5O3S2. The van der Waals surface area contributed by atoms with Gasteiger partial charge >= 0.3 is 0 Å². The van der Waals surface area contributed by atoms with Crippen LogP contribution in [0.1, 0.15) is 66.1 Å². The summed E-state index contributed by atoms with van der Waals surface area (Å²) in [4.78, 5) is 53.2. The molecule has 12 heteroatoms. The number of nitrogens with one attached hydrogen (secondary N) is 3. The van der Waals surface area contributed by atoms with Gasteiger partial charge in [0.25, 0.3) is 11.8 Å². The first-order valence-corrected chi connectivity index (χ1v) is 23.9. The van der Waals surface area contributed by atoms with Gasteiger partial charge in [-0.3, -0.25) is 30.2 Å². The van der Waals surface area contributed by atoms with Gasteiger partial charge in [-0.1, -0.05) is 96.3 Å². The highest BCUT2D eigenvalue weighted by molar-refractivity contribution is 7.99. The number of hydrogen-bond acceptors (Lipinski definition) is 7. The Morgan fingerprint density at radius 2 is 1.25 bits per heavy atom. The average molecular weight is 946 g/mol. The van der Waals surface area contributed by atoms with Crippen molar-refractivity contribution in [2.45, 2.75) is 45.4 Å². The SMILES string of the molecule is O=C(Cc1cccc(-c2ccc3c(c2)C(c2ccc(F)cc2)=Nc2cc(C(=O)NCc4cccnc4)ccc2S3)c1)NNC(=O)c1ccc2c(c1)CC/C=C(\c1ccc(F)cc1)c1ccccc1S2. The van der Waals surface area contributed by atoms with Gasteiger partial charge in [0.05, 0.1) is 17.8 Å². The zero-order valence-corrected chi connectivity index (χ0v) is 38.5. The first-order chi connectivity index (χ1) is 33.7. The third kappa shape index (κ3) is 10.3. The van der Waals surface area contributed by atoms with E-state index < -0.39 is 5.91 Å². The lowest BCUT2D eigenvalue weighted by molar-refractivity contribution is -0.121. The fourth-order valence-electron chi connectivity index (χ4n) is 8.32. The molecule has 338 valence electrons. The van der Waals surface area contributed by atoms with E-state index in [0.717, 1.165) is 69.7 Å². The maximum Gasteiger partial charge on any atom is 0.269 e. The van der Waals surface area contributed by atoms with Gasteiger partial charge in [0.2, 0.25) is 5.91 Å². The Hall–Kier alpha value is -7.93. The summed E-state index contributed by atoms with van der Waals surface area (Å²) in [6.45, 7) is 0.328. The van der Waals surface area contributed by atoms with E-state index in [2.05, 4.69) is 39.4 Å². The lowest BCUT2D eigenvalue weighted by Gasteiger charge is -2.14. The van der Waals surface area contributed by atoms with Crippen molar-refractivity contribution in [3.63, 3.8) is 0 Å². The molecule has 69 heavy (non-hydrogen) atoms. The molecule has 8 nitrogen and oxygen atoms in total. The summed E-state index contributed by atoms with van der Waals surface area (Å²) in [5, 5.41) is 2.96. The molecule has 3 heterocycles. The number of aryl methyl sites for hydroxylation is 1. The zero-order valence-electron chi connectivity index (χ0n) is 36.8. The van der Waals surface area contributed by atoms with E-state index in [0.29, 0.717) is 47.5 Å². The van der Waals surface area contributed by atoms with Crippen LogP contribution in [0.5, 0.6) is 0 Å². The predicted octanol–water partition coefficient (Wildman–Crippen LogP) is 12.1. The third-order valence-electron chi connectivity index (χ3n) is 11.8. The van der Waals surface area contributed by atoms with Crippen molar-refractivity contribution in [3.05, 3.63) is 244 Å². The molecule has 0 radical (unpaired) electrons. The highest BCUT2D eigenvalue weighted by Gasteiger charge is 2.23. The molecule has 0 fully saturated rings. The number of aromatic nitrogens is 1. The summed E-state index contributed by atoms with van der Waals surface area (Å²) < 4.78 is 28.0. The van der Waals surface area contributed by atoms with Crippen molar-refractivity contribution in [2.75, 3.05) is 0 Å². The Morgan fingerprint density at radius 3 is 2.04 bits per heavy atom. The molecule has 0 atom stereocenters. The van der Waals surface area contributed by atoms with Crippen LogP contribution in [0.3, 0.4) is 0 Å². The maximum absolute atomic E-state index is 14.2. The van der Waals surface area contributed by atoms with E-state index in [4.69, 9.17) is 4.99 Å². The number of aliphatic imine (C=N–C) groups is 1. The van der Waals surface area contributed by atoms with Gasteiger partial charge in [-0.25, -0.2) is 13.8 Å². The molecule has 0 spiro atoms. The second-order valence-corrected chi connectivity index (χ2v) is 18.6. The molecule has 3 amide bonds. The Balaban J connectivity index is 0.836. The van der Waals surface area contributed by atoms with Gasteiger partial charge in [0, 0.05) is 60.8 Å². The summed E-state index contributed by atoms with van der Waals surface area (Å²) in [6, 6.07) is 49.4. The van der Waals surface area contributed by atoms with Gasteiger partial charge in [0.1, 0.15) is 11.6 Å². The quantitative estimate of drug-likeness (QED) is 0.124. The van der Waals surface area contributed by atoms with Crippen molar-refractivity contribution in [1.82, 2.24) is 21.2 Å². The second-order valence-electron chi connectivity index (χ2n) is 16.5.